The molecule has 8 heteroatoms. The van der Waals surface area contributed by atoms with E-state index in [9.17, 15) is 4.79 Å². The Hall–Kier alpha value is -3.10. The number of benzene rings is 2. The molecule has 33 heavy (non-hydrogen) atoms. The molecule has 1 N–H and O–H groups in total. The number of nitrogens with one attached hydrogen (secondary N) is 1. The highest BCUT2D eigenvalue weighted by atomic mass is 32.2. The van der Waals surface area contributed by atoms with Gasteiger partial charge in [0.2, 0.25) is 5.91 Å². The number of amides is 1. The fraction of sp³-hybridized carbons (Fsp3) is 0.240. The van der Waals surface area contributed by atoms with Crippen LogP contribution in [0.1, 0.15) is 23.2 Å². The molecular weight excluding hydrogens is 452 g/mol. The summed E-state index contributed by atoms with van der Waals surface area (Å²) in [5, 5.41) is 14.4. The van der Waals surface area contributed by atoms with Crippen LogP contribution >= 0.6 is 23.1 Å². The molecule has 0 radical (unpaired) electrons. The Balaban J connectivity index is 1.47. The summed E-state index contributed by atoms with van der Waals surface area (Å²) in [5.41, 5.74) is 1.99. The monoisotopic (exact) mass is 478 g/mol. The van der Waals surface area contributed by atoms with E-state index in [0.717, 1.165) is 41.8 Å². The van der Waals surface area contributed by atoms with E-state index in [1.165, 1.54) is 22.2 Å². The summed E-state index contributed by atoms with van der Waals surface area (Å²) in [5.74, 6) is 1.58. The van der Waals surface area contributed by atoms with Gasteiger partial charge in [-0.3, -0.25) is 4.79 Å². The van der Waals surface area contributed by atoms with Crippen LogP contribution in [-0.4, -0.2) is 33.0 Å². The highest BCUT2D eigenvalue weighted by molar-refractivity contribution is 8.00. The van der Waals surface area contributed by atoms with Crippen LogP contribution in [0.5, 0.6) is 5.75 Å². The molecule has 0 aliphatic rings. The van der Waals surface area contributed by atoms with Gasteiger partial charge in [0, 0.05) is 23.5 Å². The number of thiophene rings is 1. The van der Waals surface area contributed by atoms with E-state index in [4.69, 9.17) is 4.74 Å². The van der Waals surface area contributed by atoms with Crippen LogP contribution < -0.4 is 10.1 Å². The van der Waals surface area contributed by atoms with E-state index in [-0.39, 0.29) is 11.2 Å². The number of aryl methyl sites for hydroxylation is 1. The molecule has 2 aromatic heterocycles. The summed E-state index contributed by atoms with van der Waals surface area (Å²) in [6, 6.07) is 21.8. The molecule has 2 heterocycles. The van der Waals surface area contributed by atoms with E-state index in [1.54, 1.807) is 18.4 Å². The fourth-order valence-corrected chi connectivity index (χ4v) is 4.94. The van der Waals surface area contributed by atoms with E-state index in [0.29, 0.717) is 0 Å². The Morgan fingerprint density at radius 1 is 1.09 bits per heavy atom. The number of hydrogen-bond acceptors (Lipinski definition) is 6. The summed E-state index contributed by atoms with van der Waals surface area (Å²) < 4.78 is 7.32. The van der Waals surface area contributed by atoms with E-state index >= 15 is 0 Å². The molecule has 4 aromatic rings. The molecule has 170 valence electrons. The number of methoxy groups -OCH3 is 1. The number of thioether (sulfide) groups is 1. The summed E-state index contributed by atoms with van der Waals surface area (Å²) in [6.07, 6.45) is 1.60. The largest absolute Gasteiger partial charge is 0.497 e. The number of carbonyl (C=O) groups is 1. The second-order valence-electron chi connectivity index (χ2n) is 7.52. The number of rotatable bonds is 10. The Bertz CT molecular complexity index is 1160. The second-order valence-corrected chi connectivity index (χ2v) is 9.86. The van der Waals surface area contributed by atoms with Gasteiger partial charge in [-0.05, 0) is 54.6 Å². The van der Waals surface area contributed by atoms with Crippen LogP contribution in [0, 0.1) is 0 Å². The first-order valence-electron chi connectivity index (χ1n) is 10.7. The van der Waals surface area contributed by atoms with Crippen LogP contribution in [0.2, 0.25) is 0 Å². The second kappa shape index (κ2) is 11.2. The van der Waals surface area contributed by atoms with Crippen molar-refractivity contribution in [3.63, 3.8) is 0 Å². The van der Waals surface area contributed by atoms with Crippen molar-refractivity contribution in [2.45, 2.75) is 36.7 Å². The molecule has 6 nitrogen and oxygen atoms in total. The quantitative estimate of drug-likeness (QED) is 0.313. The zero-order valence-corrected chi connectivity index (χ0v) is 20.2. The van der Waals surface area contributed by atoms with Crippen molar-refractivity contribution < 1.29 is 9.53 Å². The number of aromatic nitrogens is 3. The van der Waals surface area contributed by atoms with Gasteiger partial charge >= 0.3 is 0 Å². The molecule has 1 atom stereocenters. The highest BCUT2D eigenvalue weighted by Crippen LogP contribution is 2.26. The zero-order valence-electron chi connectivity index (χ0n) is 18.6. The van der Waals surface area contributed by atoms with Gasteiger partial charge < -0.3 is 14.6 Å². The van der Waals surface area contributed by atoms with Crippen LogP contribution in [0.15, 0.2) is 77.3 Å². The van der Waals surface area contributed by atoms with Crippen molar-refractivity contribution in [1.82, 2.24) is 14.8 Å². The molecule has 0 saturated heterocycles. The van der Waals surface area contributed by atoms with Crippen molar-refractivity contribution >= 4 is 34.7 Å². The van der Waals surface area contributed by atoms with Gasteiger partial charge in [-0.2, -0.15) is 0 Å². The predicted molar refractivity (Wildman–Crippen MR) is 134 cm³/mol. The van der Waals surface area contributed by atoms with Crippen molar-refractivity contribution in [3.8, 4) is 5.75 Å². The number of anilines is 1. The van der Waals surface area contributed by atoms with Crippen LogP contribution in [0.4, 0.5) is 5.69 Å². The molecule has 0 saturated carbocycles. The maximum absolute atomic E-state index is 12.8. The Morgan fingerprint density at radius 3 is 2.58 bits per heavy atom. The minimum absolute atomic E-state index is 0.0809. The minimum Gasteiger partial charge on any atom is -0.497 e. The van der Waals surface area contributed by atoms with Gasteiger partial charge in [-0.1, -0.05) is 48.2 Å². The number of carbonyl (C=O) groups excluding carboxylic acids is 1. The third-order valence-corrected chi connectivity index (χ3v) is 7.14. The SMILES string of the molecule is COc1ccc(NC(=O)C(C)Sc2nnc(Cc3cccs3)n2CCc2ccccc2)cc1. The summed E-state index contributed by atoms with van der Waals surface area (Å²) in [4.78, 5) is 14.0. The normalized spacial score (nSPS) is 11.8. The average molecular weight is 479 g/mol. The first-order valence-corrected chi connectivity index (χ1v) is 12.5. The van der Waals surface area contributed by atoms with Crippen LogP contribution in [-0.2, 0) is 24.2 Å². The van der Waals surface area contributed by atoms with E-state index in [2.05, 4.69) is 55.8 Å². The van der Waals surface area contributed by atoms with Crippen molar-refractivity contribution in [2.75, 3.05) is 12.4 Å². The molecule has 2 aromatic carbocycles. The minimum atomic E-state index is -0.332. The maximum Gasteiger partial charge on any atom is 0.237 e. The topological polar surface area (TPSA) is 69.0 Å². The number of hydrogen-bond donors (Lipinski definition) is 1. The smallest absolute Gasteiger partial charge is 0.237 e. The first kappa shape index (κ1) is 23.1. The lowest BCUT2D eigenvalue weighted by Crippen LogP contribution is -2.23. The molecule has 0 spiro atoms. The summed E-state index contributed by atoms with van der Waals surface area (Å²) in [6.45, 7) is 2.64. The Labute approximate surface area is 202 Å². The van der Waals surface area contributed by atoms with Crippen molar-refractivity contribution in [2.24, 2.45) is 0 Å². The third kappa shape index (κ3) is 6.24. The molecular formula is C25H26N4O2S2. The van der Waals surface area contributed by atoms with Crippen LogP contribution in [0.3, 0.4) is 0 Å². The van der Waals surface area contributed by atoms with E-state index in [1.807, 2.05) is 43.3 Å². The molecule has 0 bridgehead atoms. The average Bonchev–Trinajstić information content (AvgIpc) is 3.49. The van der Waals surface area contributed by atoms with Gasteiger partial charge in [0.15, 0.2) is 5.16 Å². The summed E-state index contributed by atoms with van der Waals surface area (Å²) in [7, 11) is 1.62. The van der Waals surface area contributed by atoms with Crippen LogP contribution in [0.25, 0.3) is 0 Å². The Kier molecular flexibility index (Phi) is 7.80. The van der Waals surface area contributed by atoms with Crippen molar-refractivity contribution in [1.29, 1.82) is 0 Å². The Morgan fingerprint density at radius 2 is 1.88 bits per heavy atom. The lowest BCUT2D eigenvalue weighted by Gasteiger charge is -2.14. The maximum atomic E-state index is 12.8. The lowest BCUT2D eigenvalue weighted by atomic mass is 10.1. The molecule has 1 unspecified atom stereocenters. The predicted octanol–water partition coefficient (Wildman–Crippen LogP) is 5.30. The zero-order chi connectivity index (χ0) is 23.0. The summed E-state index contributed by atoms with van der Waals surface area (Å²) >= 11 is 3.14. The number of nitrogens with zero attached hydrogens (tertiary/aromatic N) is 3. The van der Waals surface area contributed by atoms with Crippen molar-refractivity contribution in [3.05, 3.63) is 88.4 Å². The third-order valence-electron chi connectivity index (χ3n) is 5.18. The van der Waals surface area contributed by atoms with Gasteiger partial charge in [0.05, 0.1) is 12.4 Å². The van der Waals surface area contributed by atoms with Gasteiger partial charge in [-0.15, -0.1) is 21.5 Å². The standard InChI is InChI=1S/C25H26N4O2S2/c1-18(24(30)26-20-10-12-21(31-2)13-11-20)33-25-28-27-23(17-22-9-6-16-32-22)29(25)15-14-19-7-4-3-5-8-19/h3-13,16,18H,14-15,17H2,1-2H3,(H,26,30). The van der Waals surface area contributed by atoms with Gasteiger partial charge in [0.25, 0.3) is 0 Å². The molecule has 0 aliphatic heterocycles. The molecule has 1 amide bonds. The lowest BCUT2D eigenvalue weighted by molar-refractivity contribution is -0.115. The number of ether oxygens (including phenoxy) is 1. The van der Waals surface area contributed by atoms with Gasteiger partial charge in [0.1, 0.15) is 11.6 Å². The van der Waals surface area contributed by atoms with Gasteiger partial charge in [-0.25, -0.2) is 0 Å². The first-order chi connectivity index (χ1) is 16.1. The molecule has 0 fully saturated rings. The fourth-order valence-electron chi connectivity index (χ4n) is 3.35. The van der Waals surface area contributed by atoms with E-state index < -0.39 is 0 Å². The highest BCUT2D eigenvalue weighted by Gasteiger charge is 2.21. The molecule has 0 aliphatic carbocycles. The molecule has 4 rings (SSSR count).